The third-order valence-corrected chi connectivity index (χ3v) is 5.79. The molecule has 0 unspecified atom stereocenters. The van der Waals surface area contributed by atoms with E-state index in [1.54, 1.807) is 6.20 Å². The van der Waals surface area contributed by atoms with Gasteiger partial charge in [-0.15, -0.1) is 0 Å². The summed E-state index contributed by atoms with van der Waals surface area (Å²) in [6.07, 6.45) is 4.94. The van der Waals surface area contributed by atoms with E-state index in [9.17, 15) is 18.0 Å². The van der Waals surface area contributed by atoms with Crippen LogP contribution in [-0.2, 0) is 12.5 Å². The number of rotatable bonds is 7. The van der Waals surface area contributed by atoms with E-state index in [1.165, 1.54) is 6.20 Å². The molecule has 4 aromatic heterocycles. The molecule has 0 fully saturated rings. The molecule has 0 aliphatic rings. The maximum Gasteiger partial charge on any atom is 0.272 e. The first-order valence-electron chi connectivity index (χ1n) is 11.4. The van der Waals surface area contributed by atoms with Gasteiger partial charge in [-0.05, 0) is 23.3 Å². The number of nitrogens with zero attached hydrogens (tertiary/aromatic N) is 4. The molecule has 4 heterocycles. The molecule has 5 rings (SSSR count). The Bertz CT molecular complexity index is 1630. The minimum Gasteiger partial charge on any atom is -0.384 e. The number of halogens is 3. The number of nitrogens with one attached hydrogen (secondary N) is 3. The lowest BCUT2D eigenvalue weighted by Gasteiger charge is -2.16. The van der Waals surface area contributed by atoms with Gasteiger partial charge in [0.05, 0.1) is 29.0 Å². The minimum atomic E-state index is -3.21. The molecule has 0 spiro atoms. The molecular weight excluding hydrogens is 497 g/mol. The Balaban J connectivity index is 1.36. The number of nitrogens with two attached hydrogens (primary N) is 1. The Labute approximate surface area is 214 Å². The summed E-state index contributed by atoms with van der Waals surface area (Å²) >= 11 is 0. The number of aromatic nitrogens is 5. The molecule has 0 radical (unpaired) electrons. The molecule has 0 atom stereocenters. The van der Waals surface area contributed by atoms with Crippen LogP contribution >= 0.6 is 0 Å². The van der Waals surface area contributed by atoms with Crippen LogP contribution in [0.25, 0.3) is 22.2 Å². The summed E-state index contributed by atoms with van der Waals surface area (Å²) in [5.74, 6) is -4.08. The Hall–Kier alpha value is -5.00. The zero-order chi connectivity index (χ0) is 26.9. The lowest BCUT2D eigenvalue weighted by Crippen LogP contribution is -2.18. The van der Waals surface area contributed by atoms with Crippen LogP contribution in [0.1, 0.15) is 28.4 Å². The van der Waals surface area contributed by atoms with Gasteiger partial charge < -0.3 is 16.4 Å². The number of hydrogen-bond acceptors (Lipinski definition) is 7. The van der Waals surface area contributed by atoms with Crippen LogP contribution in [-0.4, -0.2) is 31.1 Å². The number of benzene rings is 1. The van der Waals surface area contributed by atoms with Gasteiger partial charge in [0.25, 0.3) is 11.8 Å². The Morgan fingerprint density at radius 2 is 1.82 bits per heavy atom. The van der Waals surface area contributed by atoms with E-state index >= 15 is 0 Å². The quantitative estimate of drug-likeness (QED) is 0.235. The highest BCUT2D eigenvalue weighted by molar-refractivity contribution is 6.07. The predicted octanol–water partition coefficient (Wildman–Crippen LogP) is 5.11. The zero-order valence-electron chi connectivity index (χ0n) is 20.0. The number of carbonyl (C=O) groups is 1. The van der Waals surface area contributed by atoms with E-state index in [-0.39, 0.29) is 23.6 Å². The Morgan fingerprint density at radius 3 is 2.55 bits per heavy atom. The highest BCUT2D eigenvalue weighted by Gasteiger charge is 2.27. The second-order valence-corrected chi connectivity index (χ2v) is 8.64. The number of fused-ring (bicyclic) bond motifs is 1. The van der Waals surface area contributed by atoms with Crippen molar-refractivity contribution in [2.75, 3.05) is 16.4 Å². The van der Waals surface area contributed by atoms with Crippen molar-refractivity contribution in [1.82, 2.24) is 25.1 Å². The number of aromatic amines is 1. The Morgan fingerprint density at radius 1 is 1.03 bits per heavy atom. The number of anilines is 3. The zero-order valence-corrected chi connectivity index (χ0v) is 20.0. The standard InChI is InChI=1S/C26H21F3N8O/c1-26(28,29)17-7-21(25(38)35-19-8-18(27)12-31-13-19)23(34-11-17)32-9-14-2-4-15(5-3-14)16-6-20-22(30)36-37-24(20)33-10-16/h2-8,10-13H,9H2,1H3,(H,32,34)(H,35,38)(H3,30,33,36,37). The number of carbonyl (C=O) groups excluding carboxylic acids is 1. The summed E-state index contributed by atoms with van der Waals surface area (Å²) in [5.41, 5.74) is 8.55. The number of alkyl halides is 2. The lowest BCUT2D eigenvalue weighted by molar-refractivity contribution is 0.0171. The summed E-state index contributed by atoms with van der Waals surface area (Å²) < 4.78 is 41.4. The van der Waals surface area contributed by atoms with Crippen molar-refractivity contribution < 1.29 is 18.0 Å². The van der Waals surface area contributed by atoms with Gasteiger partial charge in [0.15, 0.2) is 5.65 Å². The van der Waals surface area contributed by atoms with Gasteiger partial charge in [0.1, 0.15) is 17.5 Å². The third-order valence-electron chi connectivity index (χ3n) is 5.79. The van der Waals surface area contributed by atoms with Gasteiger partial charge in [0, 0.05) is 43.1 Å². The Kier molecular flexibility index (Phi) is 6.37. The monoisotopic (exact) mass is 518 g/mol. The second kappa shape index (κ2) is 9.81. The van der Waals surface area contributed by atoms with Crippen LogP contribution in [0.15, 0.2) is 67.3 Å². The van der Waals surface area contributed by atoms with Crippen molar-refractivity contribution in [3.05, 3.63) is 89.8 Å². The largest absolute Gasteiger partial charge is 0.384 e. The molecule has 0 aliphatic heterocycles. The number of nitrogen functional groups attached to an aromatic ring is 1. The van der Waals surface area contributed by atoms with Crippen LogP contribution < -0.4 is 16.4 Å². The fourth-order valence-corrected chi connectivity index (χ4v) is 3.77. The highest BCUT2D eigenvalue weighted by atomic mass is 19.3. The van der Waals surface area contributed by atoms with Gasteiger partial charge in [-0.3, -0.25) is 14.9 Å². The molecule has 0 saturated heterocycles. The summed E-state index contributed by atoms with van der Waals surface area (Å²) in [6.45, 7) is 0.966. The molecule has 9 nitrogen and oxygen atoms in total. The molecular formula is C26H21F3N8O. The molecule has 192 valence electrons. The van der Waals surface area contributed by atoms with E-state index in [4.69, 9.17) is 5.73 Å². The van der Waals surface area contributed by atoms with Gasteiger partial charge >= 0.3 is 0 Å². The summed E-state index contributed by atoms with van der Waals surface area (Å²) in [5, 5.41) is 12.9. The molecule has 38 heavy (non-hydrogen) atoms. The average Bonchev–Trinajstić information content (AvgIpc) is 3.27. The van der Waals surface area contributed by atoms with Crippen LogP contribution in [0.2, 0.25) is 0 Å². The maximum absolute atomic E-state index is 14.0. The van der Waals surface area contributed by atoms with Crippen molar-refractivity contribution in [2.45, 2.75) is 19.4 Å². The van der Waals surface area contributed by atoms with Gasteiger partial charge in [-0.25, -0.2) is 23.1 Å². The van der Waals surface area contributed by atoms with Crippen LogP contribution in [0.3, 0.4) is 0 Å². The molecule has 0 bridgehead atoms. The van der Waals surface area contributed by atoms with E-state index in [1.807, 2.05) is 30.3 Å². The fourth-order valence-electron chi connectivity index (χ4n) is 3.77. The summed E-state index contributed by atoms with van der Waals surface area (Å²) in [7, 11) is 0. The maximum atomic E-state index is 14.0. The normalized spacial score (nSPS) is 11.5. The number of amides is 1. The fraction of sp³-hybridized carbons (Fsp3) is 0.115. The highest BCUT2D eigenvalue weighted by Crippen LogP contribution is 2.30. The van der Waals surface area contributed by atoms with Crippen molar-refractivity contribution in [1.29, 1.82) is 0 Å². The molecule has 1 amide bonds. The SMILES string of the molecule is CC(F)(F)c1cnc(NCc2ccc(-c3cnc4n[nH]c(N)c4c3)cc2)c(C(=O)Nc2cncc(F)c2)c1. The van der Waals surface area contributed by atoms with E-state index in [0.29, 0.717) is 18.4 Å². The first-order valence-corrected chi connectivity index (χ1v) is 11.4. The molecule has 1 aromatic carbocycles. The van der Waals surface area contributed by atoms with Crippen molar-refractivity contribution in [3.63, 3.8) is 0 Å². The van der Waals surface area contributed by atoms with E-state index < -0.39 is 23.2 Å². The number of H-pyrrole nitrogens is 1. The molecule has 5 N–H and O–H groups in total. The van der Waals surface area contributed by atoms with Gasteiger partial charge in [0.2, 0.25) is 0 Å². The summed E-state index contributed by atoms with van der Waals surface area (Å²) in [6, 6.07) is 11.6. The average molecular weight is 519 g/mol. The molecule has 12 heteroatoms. The van der Waals surface area contributed by atoms with Crippen LogP contribution in [0.5, 0.6) is 0 Å². The second-order valence-electron chi connectivity index (χ2n) is 8.64. The van der Waals surface area contributed by atoms with Gasteiger partial charge in [-0.1, -0.05) is 24.3 Å². The predicted molar refractivity (Wildman–Crippen MR) is 137 cm³/mol. The lowest BCUT2D eigenvalue weighted by atomic mass is 10.0. The molecule has 0 saturated carbocycles. The van der Waals surface area contributed by atoms with Crippen molar-refractivity contribution >= 4 is 34.3 Å². The van der Waals surface area contributed by atoms with Crippen LogP contribution in [0, 0.1) is 5.82 Å². The smallest absolute Gasteiger partial charge is 0.272 e. The first kappa shape index (κ1) is 24.7. The van der Waals surface area contributed by atoms with Crippen molar-refractivity contribution in [3.8, 4) is 11.1 Å². The summed E-state index contributed by atoms with van der Waals surface area (Å²) in [4.78, 5) is 25.0. The molecule has 0 aliphatic carbocycles. The minimum absolute atomic E-state index is 0.0788. The van der Waals surface area contributed by atoms with Gasteiger partial charge in [-0.2, -0.15) is 5.10 Å². The van der Waals surface area contributed by atoms with Crippen molar-refractivity contribution in [2.24, 2.45) is 0 Å². The van der Waals surface area contributed by atoms with Crippen LogP contribution in [0.4, 0.5) is 30.5 Å². The van der Waals surface area contributed by atoms with E-state index in [0.717, 1.165) is 46.6 Å². The topological polar surface area (TPSA) is 134 Å². The first-order chi connectivity index (χ1) is 18.2. The molecule has 5 aromatic rings. The number of hydrogen-bond donors (Lipinski definition) is 4. The number of pyridine rings is 3. The van der Waals surface area contributed by atoms with E-state index in [2.05, 4.69) is 35.8 Å². The third kappa shape index (κ3) is 5.24.